The first-order chi connectivity index (χ1) is 11.9. The van der Waals surface area contributed by atoms with E-state index in [9.17, 15) is 13.2 Å². The molecule has 25 heavy (non-hydrogen) atoms. The molecule has 1 aliphatic carbocycles. The lowest BCUT2D eigenvalue weighted by Crippen LogP contribution is -2.36. The Hall–Kier alpha value is -1.41. The van der Waals surface area contributed by atoms with Crippen LogP contribution >= 0.6 is 0 Å². The maximum atomic E-state index is 13.0. The lowest BCUT2D eigenvalue weighted by atomic mass is 10.2. The molecule has 1 aromatic rings. The van der Waals surface area contributed by atoms with Crippen molar-refractivity contribution in [2.75, 3.05) is 13.1 Å². The van der Waals surface area contributed by atoms with Crippen molar-refractivity contribution in [1.82, 2.24) is 19.4 Å². The first kappa shape index (κ1) is 18.4. The third kappa shape index (κ3) is 3.89. The van der Waals surface area contributed by atoms with E-state index in [0.29, 0.717) is 24.5 Å². The van der Waals surface area contributed by atoms with Crippen molar-refractivity contribution < 1.29 is 13.2 Å². The number of aromatic nitrogens is 2. The fourth-order valence-corrected chi connectivity index (χ4v) is 5.81. The van der Waals surface area contributed by atoms with Crippen LogP contribution in [-0.4, -0.2) is 47.5 Å². The summed E-state index contributed by atoms with van der Waals surface area (Å²) >= 11 is 0. The molecule has 1 aliphatic heterocycles. The number of nitrogens with one attached hydrogen (secondary N) is 1. The molecule has 1 N–H and O–H groups in total. The van der Waals surface area contributed by atoms with Crippen LogP contribution in [0.5, 0.6) is 0 Å². The molecular formula is C17H28N4O3S. The standard InChI is InChI=1S/C17H28N4O3S/c1-13-17(25(23,24)20-10-6-3-7-11-20)14(2)21(19-13)12-16(22)18-15-8-4-5-9-15/h15H,3-12H2,1-2H3,(H,18,22). The van der Waals surface area contributed by atoms with E-state index in [1.807, 2.05) is 0 Å². The number of sulfonamides is 1. The molecular weight excluding hydrogens is 340 g/mol. The Morgan fingerprint density at radius 2 is 1.76 bits per heavy atom. The first-order valence-corrected chi connectivity index (χ1v) is 10.7. The second kappa shape index (κ2) is 7.45. The molecule has 1 amide bonds. The van der Waals surface area contributed by atoms with Crippen LogP contribution in [0.1, 0.15) is 56.3 Å². The molecule has 2 fully saturated rings. The van der Waals surface area contributed by atoms with Crippen molar-refractivity contribution in [2.45, 2.75) is 76.3 Å². The predicted octanol–water partition coefficient (Wildman–Crippen LogP) is 1.73. The summed E-state index contributed by atoms with van der Waals surface area (Å²) in [5.41, 5.74) is 1.02. The van der Waals surface area contributed by atoms with Crippen LogP contribution in [0.25, 0.3) is 0 Å². The summed E-state index contributed by atoms with van der Waals surface area (Å²) in [6.07, 6.45) is 7.23. The number of hydrogen-bond donors (Lipinski definition) is 1. The highest BCUT2D eigenvalue weighted by atomic mass is 32.2. The maximum Gasteiger partial charge on any atom is 0.246 e. The number of rotatable bonds is 5. The van der Waals surface area contributed by atoms with E-state index in [-0.39, 0.29) is 23.4 Å². The van der Waals surface area contributed by atoms with E-state index in [1.165, 1.54) is 4.68 Å². The predicted molar refractivity (Wildman–Crippen MR) is 94.7 cm³/mol. The molecule has 7 nitrogen and oxygen atoms in total. The topological polar surface area (TPSA) is 84.3 Å². The van der Waals surface area contributed by atoms with E-state index in [1.54, 1.807) is 18.2 Å². The zero-order valence-electron chi connectivity index (χ0n) is 15.1. The SMILES string of the molecule is Cc1nn(CC(=O)NC2CCCC2)c(C)c1S(=O)(=O)N1CCCCC1. The number of nitrogens with zero attached hydrogens (tertiary/aromatic N) is 3. The smallest absolute Gasteiger partial charge is 0.246 e. The zero-order chi connectivity index (χ0) is 18.0. The molecule has 1 saturated carbocycles. The van der Waals surface area contributed by atoms with Crippen molar-refractivity contribution >= 4 is 15.9 Å². The van der Waals surface area contributed by atoms with Crippen molar-refractivity contribution in [3.63, 3.8) is 0 Å². The molecule has 1 saturated heterocycles. The van der Waals surface area contributed by atoms with Gasteiger partial charge in [-0.15, -0.1) is 0 Å². The molecule has 2 heterocycles. The lowest BCUT2D eigenvalue weighted by Gasteiger charge is -2.26. The summed E-state index contributed by atoms with van der Waals surface area (Å²) in [6.45, 7) is 4.64. The summed E-state index contributed by atoms with van der Waals surface area (Å²) in [6, 6.07) is 0.251. The Balaban J connectivity index is 1.77. The van der Waals surface area contributed by atoms with Crippen molar-refractivity contribution in [3.8, 4) is 0 Å². The Morgan fingerprint density at radius 1 is 1.12 bits per heavy atom. The number of carbonyl (C=O) groups is 1. The average Bonchev–Trinajstić information content (AvgIpc) is 3.16. The first-order valence-electron chi connectivity index (χ1n) is 9.23. The van der Waals surface area contributed by atoms with Crippen LogP contribution in [0.4, 0.5) is 0 Å². The molecule has 1 aromatic heterocycles. The number of piperidine rings is 1. The van der Waals surface area contributed by atoms with Gasteiger partial charge in [0.05, 0.1) is 11.4 Å². The number of amides is 1. The van der Waals surface area contributed by atoms with Crippen LogP contribution in [-0.2, 0) is 21.4 Å². The molecule has 0 unspecified atom stereocenters. The quantitative estimate of drug-likeness (QED) is 0.858. The minimum atomic E-state index is -3.54. The van der Waals surface area contributed by atoms with Crippen LogP contribution in [0.15, 0.2) is 4.90 Å². The highest BCUT2D eigenvalue weighted by Crippen LogP contribution is 2.26. The highest BCUT2D eigenvalue weighted by molar-refractivity contribution is 7.89. The van der Waals surface area contributed by atoms with Crippen molar-refractivity contribution in [1.29, 1.82) is 0 Å². The van der Waals surface area contributed by atoms with E-state index >= 15 is 0 Å². The number of carbonyl (C=O) groups excluding carboxylic acids is 1. The second-order valence-corrected chi connectivity index (χ2v) is 9.05. The van der Waals surface area contributed by atoms with Crippen LogP contribution in [0, 0.1) is 13.8 Å². The fourth-order valence-electron chi connectivity index (χ4n) is 3.92. The monoisotopic (exact) mass is 368 g/mol. The maximum absolute atomic E-state index is 13.0. The zero-order valence-corrected chi connectivity index (χ0v) is 15.9. The Kier molecular flexibility index (Phi) is 5.48. The van der Waals surface area contributed by atoms with E-state index in [0.717, 1.165) is 44.9 Å². The van der Waals surface area contributed by atoms with E-state index in [2.05, 4.69) is 10.4 Å². The minimum Gasteiger partial charge on any atom is -0.352 e. The molecule has 0 atom stereocenters. The molecule has 3 rings (SSSR count). The molecule has 0 radical (unpaired) electrons. The largest absolute Gasteiger partial charge is 0.352 e. The summed E-state index contributed by atoms with van der Waals surface area (Å²) in [7, 11) is -3.54. The number of aryl methyl sites for hydroxylation is 1. The third-order valence-corrected chi connectivity index (χ3v) is 7.39. The molecule has 2 aliphatic rings. The van der Waals surface area contributed by atoms with Gasteiger partial charge in [0.2, 0.25) is 15.9 Å². The van der Waals surface area contributed by atoms with Gasteiger partial charge in [0.15, 0.2) is 0 Å². The molecule has 0 bridgehead atoms. The normalized spacial score (nSPS) is 20.1. The molecule has 0 aromatic carbocycles. The Morgan fingerprint density at radius 3 is 2.40 bits per heavy atom. The van der Waals surface area contributed by atoms with Crippen LogP contribution in [0.3, 0.4) is 0 Å². The van der Waals surface area contributed by atoms with Gasteiger partial charge >= 0.3 is 0 Å². The summed E-state index contributed by atoms with van der Waals surface area (Å²) in [5, 5.41) is 7.36. The van der Waals surface area contributed by atoms with E-state index in [4.69, 9.17) is 0 Å². The van der Waals surface area contributed by atoms with Gasteiger partial charge in [-0.2, -0.15) is 9.40 Å². The van der Waals surface area contributed by atoms with Gasteiger partial charge in [-0.3, -0.25) is 9.48 Å². The van der Waals surface area contributed by atoms with Gasteiger partial charge in [0.25, 0.3) is 0 Å². The third-order valence-electron chi connectivity index (χ3n) is 5.24. The van der Waals surface area contributed by atoms with Crippen molar-refractivity contribution in [2.24, 2.45) is 0 Å². The van der Waals surface area contributed by atoms with Gasteiger partial charge in [-0.1, -0.05) is 19.3 Å². The van der Waals surface area contributed by atoms with Gasteiger partial charge in [-0.05, 0) is 39.5 Å². The van der Waals surface area contributed by atoms with Gasteiger partial charge in [-0.25, -0.2) is 8.42 Å². The molecule has 0 spiro atoms. The van der Waals surface area contributed by atoms with Gasteiger partial charge in [0.1, 0.15) is 11.4 Å². The minimum absolute atomic E-state index is 0.0681. The van der Waals surface area contributed by atoms with Crippen molar-refractivity contribution in [3.05, 3.63) is 11.4 Å². The van der Waals surface area contributed by atoms with E-state index < -0.39 is 10.0 Å². The van der Waals surface area contributed by atoms with Crippen LogP contribution < -0.4 is 5.32 Å². The Bertz CT molecular complexity index is 729. The lowest BCUT2D eigenvalue weighted by molar-refractivity contribution is -0.122. The fraction of sp³-hybridized carbons (Fsp3) is 0.765. The van der Waals surface area contributed by atoms with Gasteiger partial charge < -0.3 is 5.32 Å². The highest BCUT2D eigenvalue weighted by Gasteiger charge is 2.32. The van der Waals surface area contributed by atoms with Gasteiger partial charge in [0, 0.05) is 19.1 Å². The summed E-state index contributed by atoms with van der Waals surface area (Å²) < 4.78 is 29.0. The second-order valence-electron chi connectivity index (χ2n) is 7.17. The number of hydrogen-bond acceptors (Lipinski definition) is 4. The summed E-state index contributed by atoms with van der Waals surface area (Å²) in [4.78, 5) is 12.5. The summed E-state index contributed by atoms with van der Waals surface area (Å²) in [5.74, 6) is -0.0978. The molecule has 8 heteroatoms. The average molecular weight is 369 g/mol. The Labute approximate surface area is 149 Å². The van der Waals surface area contributed by atoms with Crippen LogP contribution in [0.2, 0.25) is 0 Å². The molecule has 140 valence electrons.